The van der Waals surface area contributed by atoms with Crippen molar-refractivity contribution in [2.24, 2.45) is 33.5 Å². The molecule has 0 aliphatic heterocycles. The first kappa shape index (κ1) is 50.6. The molecule has 0 radical (unpaired) electrons. The minimum absolute atomic E-state index is 0.0232. The van der Waals surface area contributed by atoms with Crippen LogP contribution in [0.25, 0.3) is 21.5 Å². The summed E-state index contributed by atoms with van der Waals surface area (Å²) in [5.41, 5.74) is 22.3. The Morgan fingerprint density at radius 2 is 1.31 bits per heavy atom. The first-order valence-electron chi connectivity index (χ1n) is 21.9. The van der Waals surface area contributed by atoms with Crippen LogP contribution in [0.4, 0.5) is 0 Å². The Balaban J connectivity index is 0.000000989. The number of rotatable bonds is 19. The van der Waals surface area contributed by atoms with Gasteiger partial charge in [0.1, 0.15) is 29.3 Å². The summed E-state index contributed by atoms with van der Waals surface area (Å²) in [7, 11) is 0. The van der Waals surface area contributed by atoms with E-state index in [1.165, 1.54) is 42.6 Å². The lowest BCUT2D eigenvalue weighted by Crippen LogP contribution is -2.45. The van der Waals surface area contributed by atoms with Crippen LogP contribution in [-0.4, -0.2) is 51.7 Å². The number of nitriles is 2. The van der Waals surface area contributed by atoms with Crippen molar-refractivity contribution in [2.45, 2.75) is 66.1 Å². The van der Waals surface area contributed by atoms with Crippen molar-refractivity contribution in [1.29, 1.82) is 10.5 Å². The Morgan fingerprint density at radius 1 is 0.735 bits per heavy atom. The molecule has 68 heavy (non-hydrogen) atoms. The molecule has 2 atom stereocenters. The molecule has 0 saturated carbocycles. The van der Waals surface area contributed by atoms with E-state index in [-0.39, 0.29) is 57.8 Å². The molecule has 0 spiro atoms. The number of hydrazine groups is 1. The minimum atomic E-state index is -0.551. The maximum atomic E-state index is 14.3. The molecule has 0 heterocycles. The minimum Gasteiger partial charge on any atom is -0.507 e. The third kappa shape index (κ3) is 13.1. The van der Waals surface area contributed by atoms with Crippen molar-refractivity contribution in [3.05, 3.63) is 154 Å². The second-order valence-electron chi connectivity index (χ2n) is 16.4. The molecule has 6 rings (SSSR count). The van der Waals surface area contributed by atoms with Gasteiger partial charge in [-0.25, -0.2) is 16.4 Å². The molecule has 0 aromatic heterocycles. The summed E-state index contributed by atoms with van der Waals surface area (Å²) >= 11 is 0. The number of phenols is 2. The van der Waals surface area contributed by atoms with Crippen LogP contribution in [0.5, 0.6) is 11.5 Å². The van der Waals surface area contributed by atoms with Gasteiger partial charge in [0.25, 0.3) is 5.91 Å². The number of fused-ring (bicyclic) bond motifs is 2. The largest absolute Gasteiger partial charge is 0.507 e. The van der Waals surface area contributed by atoms with Gasteiger partial charge in [-0.05, 0) is 87.3 Å². The summed E-state index contributed by atoms with van der Waals surface area (Å²) in [4.78, 5) is 49.3. The molecule has 2 unspecified atom stereocenters. The van der Waals surface area contributed by atoms with E-state index in [0.717, 1.165) is 51.1 Å². The number of primary amides is 2. The Bertz CT molecular complexity index is 2970. The molecule has 0 saturated heterocycles. The fourth-order valence-corrected chi connectivity index (χ4v) is 7.20. The van der Waals surface area contributed by atoms with Gasteiger partial charge in [0, 0.05) is 41.8 Å². The van der Waals surface area contributed by atoms with Gasteiger partial charge in [0.05, 0.1) is 23.4 Å². The number of carbonyl (C=O) groups is 4. The van der Waals surface area contributed by atoms with E-state index in [4.69, 9.17) is 11.5 Å². The van der Waals surface area contributed by atoms with Gasteiger partial charge in [-0.1, -0.05) is 107 Å². The van der Waals surface area contributed by atoms with Crippen molar-refractivity contribution in [3.8, 4) is 23.6 Å². The number of hydrazone groups is 2. The number of nitrogens with zero attached hydrogens (tertiary/aromatic N) is 4. The predicted molar refractivity (Wildman–Crippen MR) is 262 cm³/mol. The molecule has 6 aromatic carbocycles. The third-order valence-electron chi connectivity index (χ3n) is 11.2. The third-order valence-corrected chi connectivity index (χ3v) is 11.2. The first-order chi connectivity index (χ1) is 32.7. The first-order valence-corrected chi connectivity index (χ1v) is 21.9. The summed E-state index contributed by atoms with van der Waals surface area (Å²) in [6.45, 7) is 8.72. The topological polar surface area (TPSA) is 281 Å². The van der Waals surface area contributed by atoms with E-state index in [2.05, 4.69) is 45.8 Å². The number of amides is 3. The zero-order chi connectivity index (χ0) is 49.3. The number of Topliss-reactive ketones (excluding diaryl/α,β-unsaturated/α-hetero) is 1. The summed E-state index contributed by atoms with van der Waals surface area (Å²) in [5.74, 6) is -1.54. The Labute approximate surface area is 394 Å². The number of ketones is 1. The fraction of sp³-hybridized carbons (Fsp3) is 0.231. The van der Waals surface area contributed by atoms with Crippen LogP contribution in [0, 0.1) is 34.5 Å². The molecule has 0 fully saturated rings. The van der Waals surface area contributed by atoms with E-state index < -0.39 is 23.6 Å². The van der Waals surface area contributed by atoms with E-state index >= 15 is 0 Å². The Hall–Kier alpha value is -8.44. The van der Waals surface area contributed by atoms with Gasteiger partial charge in [0.15, 0.2) is 0 Å². The average molecular weight is 915 g/mol. The van der Waals surface area contributed by atoms with Crippen LogP contribution in [0.3, 0.4) is 0 Å². The number of aromatic hydroxyl groups is 2. The lowest BCUT2D eigenvalue weighted by atomic mass is 9.92. The molecule has 0 aliphatic carbocycles. The molecule has 6 aromatic rings. The van der Waals surface area contributed by atoms with Crippen LogP contribution < -0.4 is 33.2 Å². The lowest BCUT2D eigenvalue weighted by molar-refractivity contribution is -0.121. The van der Waals surface area contributed by atoms with Gasteiger partial charge in [-0.2, -0.15) is 20.7 Å². The second kappa shape index (κ2) is 24.2. The van der Waals surface area contributed by atoms with Gasteiger partial charge < -0.3 is 27.0 Å². The van der Waals surface area contributed by atoms with Gasteiger partial charge >= 0.3 is 0 Å². The van der Waals surface area contributed by atoms with Gasteiger partial charge in [-0.15, -0.1) is 0 Å². The van der Waals surface area contributed by atoms with Gasteiger partial charge in [-0.3, -0.25) is 19.2 Å². The van der Waals surface area contributed by atoms with Crippen molar-refractivity contribution in [3.63, 3.8) is 0 Å². The molecule has 348 valence electrons. The van der Waals surface area contributed by atoms with E-state index in [9.17, 15) is 39.9 Å². The van der Waals surface area contributed by atoms with Crippen molar-refractivity contribution in [2.75, 3.05) is 0 Å². The Kier molecular flexibility index (Phi) is 18.0. The normalized spacial score (nSPS) is 12.1. The van der Waals surface area contributed by atoms with Crippen LogP contribution in [0.2, 0.25) is 0 Å². The Morgan fingerprint density at radius 3 is 1.90 bits per heavy atom. The molecular formula is C52H54N10O6. The van der Waals surface area contributed by atoms with Crippen LogP contribution in [0.15, 0.2) is 119 Å². The maximum Gasteiger partial charge on any atom is 0.271 e. The molecule has 16 nitrogen and oxygen atoms in total. The van der Waals surface area contributed by atoms with Crippen molar-refractivity contribution >= 4 is 57.0 Å². The number of nitrogens with two attached hydrogens (primary N) is 2. The number of hydrogen-bond acceptors (Lipinski definition) is 13. The quantitative estimate of drug-likeness (QED) is 0.0183. The summed E-state index contributed by atoms with van der Waals surface area (Å²) < 4.78 is 0. The zero-order valence-electron chi connectivity index (χ0n) is 38.2. The number of benzene rings is 6. The fourth-order valence-electron chi connectivity index (χ4n) is 7.20. The lowest BCUT2D eigenvalue weighted by Gasteiger charge is -2.22. The molecule has 3 amide bonds. The molecule has 10 N–H and O–H groups in total. The van der Waals surface area contributed by atoms with E-state index in [1.54, 1.807) is 6.07 Å². The average Bonchev–Trinajstić information content (AvgIpc) is 3.34. The predicted octanol–water partition coefficient (Wildman–Crippen LogP) is 6.69. The van der Waals surface area contributed by atoms with E-state index in [1.807, 2.05) is 92.7 Å². The molecular weight excluding hydrogens is 861 g/mol. The highest BCUT2D eigenvalue weighted by Crippen LogP contribution is 2.27. The van der Waals surface area contributed by atoms with Crippen molar-refractivity contribution < 1.29 is 29.4 Å². The number of phenolic OH excluding ortho intramolecular Hbond substituents is 2. The highest BCUT2D eigenvalue weighted by molar-refractivity contribution is 6.53. The molecule has 16 heteroatoms. The van der Waals surface area contributed by atoms with E-state index in [0.29, 0.717) is 24.4 Å². The summed E-state index contributed by atoms with van der Waals surface area (Å²) in [6.07, 6.45) is 3.72. The summed E-state index contributed by atoms with van der Waals surface area (Å²) in [5, 5.41) is 53.9. The smallest absolute Gasteiger partial charge is 0.271 e. The monoisotopic (exact) mass is 914 g/mol. The highest BCUT2D eigenvalue weighted by Gasteiger charge is 2.24. The van der Waals surface area contributed by atoms with Crippen LogP contribution in [-0.2, 0) is 22.7 Å². The summed E-state index contributed by atoms with van der Waals surface area (Å²) in [6, 6.07) is 33.8. The molecule has 0 aliphatic rings. The SMILES string of the molecule is CC(C)CCC(N)=O.CCC(C)C(NCc1ccc(C(=NNNCc2ccc(C=NNC(=O)c3ccc(O)c(C#N)c3)c3ccccc23)C(=O)c2ccc(O)c(C#N)c2)c2ccccc12)C(N)=O. The standard InChI is InChI=1S/C46H41N9O5.C6H13NO/c1-3-27(2)42(45(49)59)50-24-30-14-17-39(38-11-7-6-10-37(30)38)43(44(58)28-15-18-40(56)33(20-28)22-47)53-55-52-26-32-13-12-31(35-8-4-5-9-36(32)35)25-51-54-46(60)29-16-19-41(57)34(21-29)23-48;1-5(2)3-4-6(7)8/h4-21,25,27,42,50,52,55-57H,3,24,26H2,1-2H3,(H2,49,59)(H,54,60);5H,3-4H2,1-2H3,(H2,7,8). The zero-order valence-corrected chi connectivity index (χ0v) is 38.2. The maximum absolute atomic E-state index is 14.3. The van der Waals surface area contributed by atoms with Crippen LogP contribution >= 0.6 is 0 Å². The molecule has 0 bridgehead atoms. The van der Waals surface area contributed by atoms with Gasteiger partial charge in [0.2, 0.25) is 17.6 Å². The van der Waals surface area contributed by atoms with Crippen LogP contribution in [0.1, 0.15) is 101 Å². The van der Waals surface area contributed by atoms with Crippen molar-refractivity contribution in [1.82, 2.24) is 21.7 Å². The number of hydrogen-bond donors (Lipinski definition) is 8. The highest BCUT2D eigenvalue weighted by atomic mass is 16.3. The number of nitrogens with one attached hydrogen (secondary N) is 4. The second-order valence-corrected chi connectivity index (χ2v) is 16.4. The number of carbonyl (C=O) groups excluding carboxylic acids is 4.